The van der Waals surface area contributed by atoms with Gasteiger partial charge in [0.05, 0.1) is 14.2 Å². The van der Waals surface area contributed by atoms with E-state index in [2.05, 4.69) is 4.99 Å². The van der Waals surface area contributed by atoms with Crippen LogP contribution in [-0.2, 0) is 10.3 Å². The van der Waals surface area contributed by atoms with Crippen molar-refractivity contribution in [3.05, 3.63) is 89.5 Å². The summed E-state index contributed by atoms with van der Waals surface area (Å²) in [7, 11) is 2.91. The van der Waals surface area contributed by atoms with Crippen LogP contribution in [0.4, 0.5) is 0 Å². The molecule has 3 rings (SSSR count). The average Bonchev–Trinajstić information content (AvgIpc) is 2.76. The topological polar surface area (TPSA) is 88.4 Å². The molecule has 0 aliphatic heterocycles. The van der Waals surface area contributed by atoms with E-state index in [9.17, 15) is 15.0 Å². The Morgan fingerprint density at radius 2 is 1.48 bits per heavy atom. The van der Waals surface area contributed by atoms with E-state index in [4.69, 9.17) is 9.47 Å². The highest BCUT2D eigenvalue weighted by atomic mass is 16.5. The molecule has 3 aromatic rings. The van der Waals surface area contributed by atoms with Gasteiger partial charge in [0.25, 0.3) is 0 Å². The van der Waals surface area contributed by atoms with Crippen LogP contribution in [0.15, 0.2) is 77.8 Å². The molecule has 0 spiro atoms. The minimum Gasteiger partial charge on any atom is -0.504 e. The number of rotatable bonds is 7. The van der Waals surface area contributed by atoms with Gasteiger partial charge in [-0.1, -0.05) is 60.7 Å². The first kappa shape index (κ1) is 19.9. The largest absolute Gasteiger partial charge is 0.504 e. The second-order valence-corrected chi connectivity index (χ2v) is 6.27. The number of aliphatic carboxylic acids is 1. The van der Waals surface area contributed by atoms with Crippen molar-refractivity contribution in [3.8, 4) is 17.2 Å². The Labute approximate surface area is 168 Å². The Morgan fingerprint density at radius 3 is 1.93 bits per heavy atom. The van der Waals surface area contributed by atoms with E-state index in [0.717, 1.165) is 0 Å². The Hall–Kier alpha value is -3.80. The lowest BCUT2D eigenvalue weighted by atomic mass is 9.83. The minimum absolute atomic E-state index is 0.155. The summed E-state index contributed by atoms with van der Waals surface area (Å²) in [5.74, 6) is -0.648. The van der Waals surface area contributed by atoms with Gasteiger partial charge in [-0.05, 0) is 17.2 Å². The zero-order valence-electron chi connectivity index (χ0n) is 16.1. The molecule has 0 saturated heterocycles. The molecule has 0 unspecified atom stereocenters. The summed E-state index contributed by atoms with van der Waals surface area (Å²) in [5, 5.41) is 20.7. The number of carboxylic acids is 1. The number of benzene rings is 3. The number of ether oxygens (including phenoxy) is 2. The maximum atomic E-state index is 12.5. The molecular weight excluding hydrogens is 370 g/mol. The second kappa shape index (κ2) is 8.48. The Morgan fingerprint density at radius 1 is 0.931 bits per heavy atom. The maximum absolute atomic E-state index is 12.5. The zero-order valence-corrected chi connectivity index (χ0v) is 16.1. The first-order valence-electron chi connectivity index (χ1n) is 8.87. The number of methoxy groups -OCH3 is 2. The lowest BCUT2D eigenvalue weighted by molar-refractivity contribution is -0.141. The highest BCUT2D eigenvalue weighted by Crippen LogP contribution is 2.37. The summed E-state index contributed by atoms with van der Waals surface area (Å²) >= 11 is 0. The van der Waals surface area contributed by atoms with Crippen LogP contribution in [0.2, 0.25) is 0 Å². The predicted octanol–water partition coefficient (Wildman–Crippen LogP) is 3.86. The normalized spacial score (nSPS) is 11.4. The highest BCUT2D eigenvalue weighted by molar-refractivity contribution is 5.92. The van der Waals surface area contributed by atoms with Crippen molar-refractivity contribution >= 4 is 12.2 Å². The van der Waals surface area contributed by atoms with E-state index in [1.54, 1.807) is 54.6 Å². The fourth-order valence-corrected chi connectivity index (χ4v) is 3.12. The summed E-state index contributed by atoms with van der Waals surface area (Å²) in [5.41, 5.74) is -0.432. The van der Waals surface area contributed by atoms with Gasteiger partial charge in [0, 0.05) is 17.8 Å². The molecule has 0 aliphatic rings. The average molecular weight is 391 g/mol. The molecule has 6 heteroatoms. The van der Waals surface area contributed by atoms with E-state index in [0.29, 0.717) is 16.9 Å². The van der Waals surface area contributed by atoms with Crippen molar-refractivity contribution in [1.29, 1.82) is 0 Å². The molecule has 6 nitrogen and oxygen atoms in total. The van der Waals surface area contributed by atoms with Crippen LogP contribution in [0.3, 0.4) is 0 Å². The Kier molecular flexibility index (Phi) is 5.83. The van der Waals surface area contributed by atoms with Crippen LogP contribution < -0.4 is 9.47 Å². The Balaban J connectivity index is 2.23. The number of aliphatic imine (C=N–C) groups is 1. The molecular formula is C23H21NO5. The smallest absolute Gasteiger partial charge is 0.340 e. The van der Waals surface area contributed by atoms with Crippen LogP contribution in [-0.4, -0.2) is 36.6 Å². The molecule has 0 aliphatic carbocycles. The molecule has 0 heterocycles. The number of aromatic hydroxyl groups is 1. The zero-order chi connectivity index (χ0) is 20.9. The second-order valence-electron chi connectivity index (χ2n) is 6.27. The van der Waals surface area contributed by atoms with Gasteiger partial charge in [-0.2, -0.15) is 0 Å². The van der Waals surface area contributed by atoms with E-state index in [1.165, 1.54) is 26.5 Å². The number of phenolic OH excluding ortho intramolecular Hbond substituents is 1. The van der Waals surface area contributed by atoms with Gasteiger partial charge in [-0.15, -0.1) is 0 Å². The number of hydrogen-bond acceptors (Lipinski definition) is 5. The Bertz CT molecular complexity index is 977. The standard InChI is InChI=1S/C23H21NO5/c1-28-19-13-16(21(25)20(14-19)29-2)15-24-23(22(26)27,17-9-5-3-6-10-17)18-11-7-4-8-12-18/h3-15,25H,1-2H3,(H,26,27). The summed E-state index contributed by atoms with van der Waals surface area (Å²) < 4.78 is 10.4. The molecule has 0 aromatic heterocycles. The number of carboxylic acid groups (broad SMARTS) is 1. The third-order valence-corrected chi connectivity index (χ3v) is 4.62. The predicted molar refractivity (Wildman–Crippen MR) is 110 cm³/mol. The van der Waals surface area contributed by atoms with E-state index < -0.39 is 11.5 Å². The molecule has 0 atom stereocenters. The van der Waals surface area contributed by atoms with Crippen molar-refractivity contribution in [2.45, 2.75) is 5.54 Å². The van der Waals surface area contributed by atoms with Gasteiger partial charge in [-0.3, -0.25) is 4.99 Å². The summed E-state index contributed by atoms with van der Waals surface area (Å²) in [6, 6.07) is 20.6. The minimum atomic E-state index is -1.69. The van der Waals surface area contributed by atoms with Crippen molar-refractivity contribution in [2.24, 2.45) is 4.99 Å². The van der Waals surface area contributed by atoms with Crippen molar-refractivity contribution in [1.82, 2.24) is 0 Å². The van der Waals surface area contributed by atoms with Crippen LogP contribution in [0.5, 0.6) is 17.2 Å². The monoisotopic (exact) mass is 391 g/mol. The van der Waals surface area contributed by atoms with Gasteiger partial charge in [0.1, 0.15) is 5.75 Å². The van der Waals surface area contributed by atoms with Crippen LogP contribution in [0.1, 0.15) is 16.7 Å². The molecule has 0 saturated carbocycles. The molecule has 148 valence electrons. The van der Waals surface area contributed by atoms with Crippen LogP contribution in [0.25, 0.3) is 0 Å². The molecule has 29 heavy (non-hydrogen) atoms. The van der Waals surface area contributed by atoms with Crippen LogP contribution in [0, 0.1) is 0 Å². The quantitative estimate of drug-likeness (QED) is 0.597. The summed E-state index contributed by atoms with van der Waals surface area (Å²) in [4.78, 5) is 17.0. The molecule has 3 aromatic carbocycles. The first-order chi connectivity index (χ1) is 14.0. The molecule has 2 N–H and O–H groups in total. The fourth-order valence-electron chi connectivity index (χ4n) is 3.12. The number of carbonyl (C=O) groups is 1. The third-order valence-electron chi connectivity index (χ3n) is 4.62. The maximum Gasteiger partial charge on any atom is 0.340 e. The van der Waals surface area contributed by atoms with Gasteiger partial charge in [-0.25, -0.2) is 4.79 Å². The van der Waals surface area contributed by atoms with Gasteiger partial charge >= 0.3 is 5.97 Å². The SMILES string of the molecule is COc1cc(C=NC(C(=O)O)(c2ccccc2)c2ccccc2)c(O)c(OC)c1. The van der Waals surface area contributed by atoms with Crippen molar-refractivity contribution in [3.63, 3.8) is 0 Å². The lowest BCUT2D eigenvalue weighted by Crippen LogP contribution is -2.35. The van der Waals surface area contributed by atoms with Crippen LogP contribution >= 0.6 is 0 Å². The number of phenols is 1. The van der Waals surface area contributed by atoms with E-state index >= 15 is 0 Å². The van der Waals surface area contributed by atoms with Crippen molar-refractivity contribution < 1.29 is 24.5 Å². The van der Waals surface area contributed by atoms with Gasteiger partial charge in [0.2, 0.25) is 5.54 Å². The van der Waals surface area contributed by atoms with Crippen molar-refractivity contribution in [2.75, 3.05) is 14.2 Å². The highest BCUT2D eigenvalue weighted by Gasteiger charge is 2.41. The summed E-state index contributed by atoms with van der Waals surface area (Å²) in [6.07, 6.45) is 1.33. The summed E-state index contributed by atoms with van der Waals surface area (Å²) in [6.45, 7) is 0. The lowest BCUT2D eigenvalue weighted by Gasteiger charge is -2.26. The first-order valence-corrected chi connectivity index (χ1v) is 8.87. The third kappa shape index (κ3) is 3.78. The fraction of sp³-hybridized carbons (Fsp3) is 0.130. The van der Waals surface area contributed by atoms with Gasteiger partial charge < -0.3 is 19.7 Å². The van der Waals surface area contributed by atoms with Gasteiger partial charge in [0.15, 0.2) is 11.5 Å². The van der Waals surface area contributed by atoms with E-state index in [-0.39, 0.29) is 17.1 Å². The van der Waals surface area contributed by atoms with E-state index in [1.807, 2.05) is 12.1 Å². The molecule has 0 radical (unpaired) electrons. The number of hydrogen-bond donors (Lipinski definition) is 2. The molecule has 0 bridgehead atoms. The number of nitrogens with zero attached hydrogens (tertiary/aromatic N) is 1. The molecule has 0 fully saturated rings. The molecule has 0 amide bonds.